The summed E-state index contributed by atoms with van der Waals surface area (Å²) in [5, 5.41) is 30.4. The zero-order chi connectivity index (χ0) is 60.3. The molecule has 10 fully saturated rings. The largest absolute Gasteiger partial charge is 0.454 e. The molecule has 13 aliphatic heterocycles. The SMILES string of the molecule is CN1C(=O)C23C[C@](C)(C#N)[C@H](c4cccc5c4OCO5)N2C(=O)C1(C)SS3.CN1C(=O)[C@]23C[C@](C)(C#N)[C@H](c4c(Br)ccc5c4OCO5)N2C(=O)[C@@]1(C)S3=S.CN1C(=O)[C@]23C[C@](C)(C#N)[C@H](c4c(Br)ccc5c4OCO5)N2C(=O)[C@@]1(C)S3=S=S. The van der Waals surface area contributed by atoms with Gasteiger partial charge in [-0.15, -0.1) is 0 Å². The number of nitriles is 3. The maximum atomic E-state index is 13.8. The minimum Gasteiger partial charge on any atom is -0.454 e. The molecule has 3 aromatic carbocycles. The van der Waals surface area contributed by atoms with Gasteiger partial charge in [0.1, 0.15) is 0 Å². The number of fused-ring (bicyclic) bond motifs is 7. The second-order valence-electron chi connectivity index (χ2n) is 23.5. The van der Waals surface area contributed by atoms with Crippen molar-refractivity contribution < 1.29 is 57.2 Å². The maximum Gasteiger partial charge on any atom is 0.261 e. The number of likely N-dealkylation sites (N-methyl/N-ethyl adjacent to an activating group) is 3. The number of piperazine rings is 3. The molecule has 16 rings (SSSR count). The lowest BCUT2D eigenvalue weighted by molar-refractivity contribution is -0.164. The lowest BCUT2D eigenvalue weighted by atomic mass is 9.79. The van der Waals surface area contributed by atoms with Crippen molar-refractivity contribution >= 4 is 139 Å². The van der Waals surface area contributed by atoms with E-state index in [4.69, 9.17) is 50.8 Å². The minimum atomic E-state index is -1.17. The molecule has 84 heavy (non-hydrogen) atoms. The van der Waals surface area contributed by atoms with Gasteiger partial charge >= 0.3 is 0 Å². The minimum absolute atomic E-state index is 0.0681. The number of hydrogen-bond acceptors (Lipinski definition) is 19. The number of para-hydroxylation sites is 1. The average Bonchev–Trinajstić information content (AvgIpc) is 1.50. The van der Waals surface area contributed by atoms with Gasteiger partial charge in [-0.25, -0.2) is 0 Å². The van der Waals surface area contributed by atoms with Crippen molar-refractivity contribution in [1.29, 1.82) is 15.8 Å². The molecule has 0 N–H and O–H groups in total. The maximum absolute atomic E-state index is 13.8. The fraction of sp³-hybridized carbons (Fsp3) is 0.500. The average molecular weight is 1400 g/mol. The molecular formula is C54H49Br2N9O12S7. The van der Waals surface area contributed by atoms with Crippen molar-refractivity contribution in [1.82, 2.24) is 29.4 Å². The normalized spacial score (nSPS) is 39.5. The van der Waals surface area contributed by atoms with Crippen molar-refractivity contribution in [3.05, 3.63) is 68.1 Å². The highest BCUT2D eigenvalue weighted by Crippen LogP contribution is 2.72. The quantitative estimate of drug-likeness (QED) is 0.257. The molecule has 13 heterocycles. The molecule has 0 radical (unpaired) electrons. The summed E-state index contributed by atoms with van der Waals surface area (Å²) in [5.74, 6) is 2.31. The van der Waals surface area contributed by atoms with E-state index in [1.165, 1.54) is 36.3 Å². The number of amides is 6. The first-order valence-corrected chi connectivity index (χ1v) is 35.5. The van der Waals surface area contributed by atoms with Gasteiger partial charge in [0.2, 0.25) is 20.4 Å². The summed E-state index contributed by atoms with van der Waals surface area (Å²) in [6, 6.07) is 17.9. The molecule has 21 nitrogen and oxygen atoms in total. The number of hydrogen-bond donors (Lipinski definition) is 0. The molecule has 0 saturated carbocycles. The van der Waals surface area contributed by atoms with Gasteiger partial charge in [-0.2, -0.15) is 15.8 Å². The van der Waals surface area contributed by atoms with Crippen molar-refractivity contribution in [2.24, 2.45) is 16.2 Å². The fourth-order valence-corrected chi connectivity index (χ4v) is 29.5. The van der Waals surface area contributed by atoms with Crippen LogP contribution in [0.4, 0.5) is 0 Å². The van der Waals surface area contributed by atoms with E-state index in [1.54, 1.807) is 88.7 Å². The number of benzene rings is 3. The number of carbonyl (C=O) groups excluding carboxylic acids is 6. The summed E-state index contributed by atoms with van der Waals surface area (Å²) in [7, 11) is 7.11. The van der Waals surface area contributed by atoms with Gasteiger partial charge < -0.3 is 57.8 Å². The van der Waals surface area contributed by atoms with Crippen molar-refractivity contribution in [2.45, 2.75) is 108 Å². The highest BCUT2D eigenvalue weighted by Gasteiger charge is 2.83. The van der Waals surface area contributed by atoms with E-state index in [1.807, 2.05) is 31.2 Å². The van der Waals surface area contributed by atoms with Crippen LogP contribution >= 0.6 is 53.4 Å². The van der Waals surface area contributed by atoms with Crippen LogP contribution in [0.5, 0.6) is 34.5 Å². The molecule has 0 aliphatic carbocycles. The Labute approximate surface area is 523 Å². The third-order valence-electron chi connectivity index (χ3n) is 19.1. The summed E-state index contributed by atoms with van der Waals surface area (Å²) < 4.78 is 35.0. The van der Waals surface area contributed by atoms with Crippen LogP contribution in [0.1, 0.15) is 95.6 Å². The van der Waals surface area contributed by atoms with E-state index >= 15 is 0 Å². The topological polar surface area (TPSA) is 249 Å². The van der Waals surface area contributed by atoms with Gasteiger partial charge in [-0.3, -0.25) is 28.8 Å². The van der Waals surface area contributed by atoms with E-state index in [0.29, 0.717) is 54.6 Å². The summed E-state index contributed by atoms with van der Waals surface area (Å²) in [5.41, 5.74) is -0.905. The number of nitrogens with zero attached hydrogens (tertiary/aromatic N) is 9. The summed E-state index contributed by atoms with van der Waals surface area (Å²) in [4.78, 5) is 84.0. The highest BCUT2D eigenvalue weighted by atomic mass is 79.9. The van der Waals surface area contributed by atoms with Gasteiger partial charge in [-0.05, 0) is 113 Å². The highest BCUT2D eigenvalue weighted by molar-refractivity contribution is 9.10. The van der Waals surface area contributed by atoms with Crippen LogP contribution in [0.2, 0.25) is 0 Å². The summed E-state index contributed by atoms with van der Waals surface area (Å²) in [6.07, 6.45) is 0.707. The van der Waals surface area contributed by atoms with Crippen LogP contribution in [-0.4, -0.2) is 136 Å². The Balaban J connectivity index is 0.000000118. The second kappa shape index (κ2) is 18.4. The fourth-order valence-electron chi connectivity index (χ4n) is 14.7. The first-order valence-electron chi connectivity index (χ1n) is 26.1. The molecule has 14 atom stereocenters. The van der Waals surface area contributed by atoms with E-state index < -0.39 is 82.5 Å². The van der Waals surface area contributed by atoms with E-state index in [2.05, 4.69) is 50.1 Å². The number of rotatable bonds is 3. The predicted octanol–water partition coefficient (Wildman–Crippen LogP) is 6.41. The molecule has 438 valence electrons. The number of ether oxygens (including phenoxy) is 6. The summed E-state index contributed by atoms with van der Waals surface area (Å²) >= 11 is 18.3. The van der Waals surface area contributed by atoms with E-state index in [-0.39, 0.29) is 75.1 Å². The first kappa shape index (κ1) is 57.8. The molecular weight excluding hydrogens is 1350 g/mol. The molecule has 10 saturated heterocycles. The van der Waals surface area contributed by atoms with Crippen LogP contribution in [0.3, 0.4) is 0 Å². The Morgan fingerprint density at radius 2 is 1.02 bits per heavy atom. The van der Waals surface area contributed by atoms with Crippen LogP contribution in [-0.2, 0) is 78.9 Å². The smallest absolute Gasteiger partial charge is 0.261 e. The molecule has 4 unspecified atom stereocenters. The Morgan fingerprint density at radius 1 is 0.560 bits per heavy atom. The van der Waals surface area contributed by atoms with Gasteiger partial charge in [0.05, 0.1) is 52.6 Å². The molecule has 13 aliphatic rings. The van der Waals surface area contributed by atoms with Gasteiger partial charge in [-0.1, -0.05) is 75.0 Å². The second-order valence-corrected chi connectivity index (χ2v) is 35.8. The third-order valence-corrected chi connectivity index (χ3v) is 34.1. The van der Waals surface area contributed by atoms with Crippen molar-refractivity contribution in [2.75, 3.05) is 41.5 Å². The first-order chi connectivity index (χ1) is 39.6. The molecule has 0 aromatic heterocycles. The van der Waals surface area contributed by atoms with Crippen molar-refractivity contribution in [3.8, 4) is 52.7 Å². The van der Waals surface area contributed by atoms with Crippen LogP contribution in [0.25, 0.3) is 0 Å². The number of halogens is 2. The van der Waals surface area contributed by atoms with E-state index in [9.17, 15) is 44.6 Å². The van der Waals surface area contributed by atoms with Crippen molar-refractivity contribution in [3.63, 3.8) is 0 Å². The number of carbonyl (C=O) groups is 6. The lowest BCUT2D eigenvalue weighted by Crippen LogP contribution is -2.73. The molecule has 6 bridgehead atoms. The Bertz CT molecular complexity index is 3920. The molecule has 3 aromatic rings. The molecule has 6 amide bonds. The monoisotopic (exact) mass is 1400 g/mol. The standard InChI is InChI=1S/C18H16BrN3O4S3.C18H16BrN3O4S2.C18H17N3O4S2/c1-16(7-20)6-18-15(24)21(3)17(2,29(18)28-27)14(23)22(18)13(16)11-9(19)4-5-10-12(11)26-8-25-10;1-16(7-20)6-18-15(24)21(3)17(2,28(18)27)14(23)22(18)13(16)11-9(19)4-5-10-12(11)26-8-25-10;1-16(8-19)7-18-15(23)20(3)17(2,26-27-18)14(22)21(18)13(16)10-5-4-6-11-12(10)25-9-24-11/h4-5,13H,6,8H2,1-3H3;4-5,13H,6,8H2,1-3H3;4-6,13H,7,9H2,1-3H3/t13-,16+,17+,18+,29?;13-,16+,17+,18+,28?;13-,16+,17?,18?/m000/s1. The van der Waals surface area contributed by atoms with Crippen LogP contribution < -0.4 is 28.4 Å². The third kappa shape index (κ3) is 6.58. The van der Waals surface area contributed by atoms with Crippen LogP contribution in [0.15, 0.2) is 51.4 Å². The zero-order valence-electron chi connectivity index (χ0n) is 46.1. The lowest BCUT2D eigenvalue weighted by Gasteiger charge is -2.57. The van der Waals surface area contributed by atoms with Gasteiger partial charge in [0.15, 0.2) is 63.7 Å². The van der Waals surface area contributed by atoms with Gasteiger partial charge in [0, 0.05) is 66.0 Å². The van der Waals surface area contributed by atoms with Gasteiger partial charge in [0.25, 0.3) is 35.4 Å². The van der Waals surface area contributed by atoms with E-state index in [0.717, 1.165) is 14.4 Å². The Morgan fingerprint density at radius 3 is 1.56 bits per heavy atom. The predicted molar refractivity (Wildman–Crippen MR) is 321 cm³/mol. The zero-order valence-corrected chi connectivity index (χ0v) is 54.9. The molecule has 3 spiro atoms. The van der Waals surface area contributed by atoms with Crippen LogP contribution in [0, 0.1) is 50.2 Å². The Hall–Kier alpha value is -5.23. The summed E-state index contributed by atoms with van der Waals surface area (Å²) in [6.45, 7) is 10.9. The molecule has 30 heteroatoms. The Kier molecular flexibility index (Phi) is 12.7.